The molecule has 0 aromatic heterocycles. The molecule has 7 rings (SSSR count). The van der Waals surface area contributed by atoms with E-state index in [0.29, 0.717) is 0 Å². The zero-order valence-corrected chi connectivity index (χ0v) is 19.7. The highest BCUT2D eigenvalue weighted by atomic mass is 32.2. The zero-order chi connectivity index (χ0) is 21.2. The molecule has 1 unspecified atom stereocenters. The maximum absolute atomic E-state index is 13.9. The molecule has 166 valence electrons. The summed E-state index contributed by atoms with van der Waals surface area (Å²) in [6.07, 6.45) is 7.98. The van der Waals surface area contributed by atoms with Crippen molar-refractivity contribution in [1.82, 2.24) is 4.90 Å². The summed E-state index contributed by atoms with van der Waals surface area (Å²) in [7, 11) is 0. The van der Waals surface area contributed by atoms with Crippen LogP contribution in [0.25, 0.3) is 0 Å². The number of para-hydroxylation sites is 1. The van der Waals surface area contributed by atoms with E-state index in [4.69, 9.17) is 4.99 Å². The third-order valence-electron chi connectivity index (χ3n) is 8.69. The minimum absolute atomic E-state index is 0.0700. The molecule has 2 aliphatic heterocycles. The molecular formula is C26H35N3OS. The van der Waals surface area contributed by atoms with Crippen LogP contribution in [0.4, 0.5) is 5.69 Å². The van der Waals surface area contributed by atoms with Gasteiger partial charge in [0.1, 0.15) is 5.84 Å². The van der Waals surface area contributed by atoms with Gasteiger partial charge < -0.3 is 0 Å². The molecule has 1 amide bonds. The van der Waals surface area contributed by atoms with E-state index < -0.39 is 5.41 Å². The second-order valence-electron chi connectivity index (χ2n) is 11.4. The van der Waals surface area contributed by atoms with Crippen molar-refractivity contribution < 1.29 is 4.79 Å². The topological polar surface area (TPSA) is 35.9 Å². The molecule has 31 heavy (non-hydrogen) atoms. The van der Waals surface area contributed by atoms with Crippen molar-refractivity contribution in [2.45, 2.75) is 64.0 Å². The molecule has 0 N–H and O–H groups in total. The molecule has 1 aromatic rings. The quantitative estimate of drug-likeness (QED) is 0.679. The number of thioether (sulfide) groups is 1. The Morgan fingerprint density at radius 1 is 0.935 bits per heavy atom. The lowest BCUT2D eigenvalue weighted by Crippen LogP contribution is -2.54. The van der Waals surface area contributed by atoms with Crippen LogP contribution in [-0.4, -0.2) is 52.8 Å². The molecule has 1 aromatic carbocycles. The number of carbonyl (C=O) groups is 1. The number of amides is 1. The van der Waals surface area contributed by atoms with Crippen LogP contribution in [0.1, 0.15) is 52.4 Å². The first kappa shape index (κ1) is 20.3. The van der Waals surface area contributed by atoms with Gasteiger partial charge in [-0.2, -0.15) is 11.8 Å². The van der Waals surface area contributed by atoms with E-state index in [2.05, 4.69) is 30.9 Å². The van der Waals surface area contributed by atoms with Gasteiger partial charge in [-0.1, -0.05) is 18.2 Å². The van der Waals surface area contributed by atoms with Crippen molar-refractivity contribution in [3.63, 3.8) is 0 Å². The Balaban J connectivity index is 1.47. The summed E-state index contributed by atoms with van der Waals surface area (Å²) < 4.78 is 0. The van der Waals surface area contributed by atoms with Crippen LogP contribution in [0.3, 0.4) is 0 Å². The zero-order valence-electron chi connectivity index (χ0n) is 18.9. The highest BCUT2D eigenvalue weighted by Gasteiger charge is 2.57. The van der Waals surface area contributed by atoms with Gasteiger partial charge in [-0.3, -0.25) is 19.6 Å². The normalized spacial score (nSPS) is 40.8. The SMILES string of the molecule is CC1(C)C(=O)N(c2ccccc2)C(=NC23CC4CC(CC(C4)C2)C3)C1N1CCSCC1. The van der Waals surface area contributed by atoms with Crippen LogP contribution < -0.4 is 4.90 Å². The first-order valence-electron chi connectivity index (χ1n) is 12.3. The van der Waals surface area contributed by atoms with Crippen molar-refractivity contribution in [3.05, 3.63) is 30.3 Å². The molecule has 1 atom stereocenters. The van der Waals surface area contributed by atoms with Crippen molar-refractivity contribution in [1.29, 1.82) is 0 Å². The molecule has 4 bridgehead atoms. The molecule has 0 spiro atoms. The Hall–Kier alpha value is -1.33. The molecule has 2 saturated heterocycles. The number of nitrogens with zero attached hydrogens (tertiary/aromatic N) is 3. The lowest BCUT2D eigenvalue weighted by atomic mass is 9.53. The van der Waals surface area contributed by atoms with E-state index in [1.54, 1.807) is 0 Å². The van der Waals surface area contributed by atoms with Crippen molar-refractivity contribution in [3.8, 4) is 0 Å². The summed E-state index contributed by atoms with van der Waals surface area (Å²) >= 11 is 2.03. The predicted octanol–water partition coefficient (Wildman–Crippen LogP) is 4.84. The van der Waals surface area contributed by atoms with E-state index in [9.17, 15) is 4.79 Å². The lowest BCUT2D eigenvalue weighted by Gasteiger charge is -2.55. The number of hydrogen-bond acceptors (Lipinski definition) is 4. The maximum atomic E-state index is 13.9. The summed E-state index contributed by atoms with van der Waals surface area (Å²) in [5, 5.41) is 0. The maximum Gasteiger partial charge on any atom is 0.240 e. The monoisotopic (exact) mass is 437 g/mol. The van der Waals surface area contributed by atoms with Gasteiger partial charge in [0.25, 0.3) is 0 Å². The summed E-state index contributed by atoms with van der Waals surface area (Å²) in [6, 6.07) is 10.4. The van der Waals surface area contributed by atoms with Crippen LogP contribution in [-0.2, 0) is 4.79 Å². The molecule has 4 nitrogen and oxygen atoms in total. The summed E-state index contributed by atoms with van der Waals surface area (Å²) in [4.78, 5) is 24.2. The van der Waals surface area contributed by atoms with Crippen LogP contribution >= 0.6 is 11.8 Å². The van der Waals surface area contributed by atoms with Gasteiger partial charge >= 0.3 is 0 Å². The Kier molecular flexibility index (Phi) is 4.81. The Bertz CT molecular complexity index is 854. The Morgan fingerprint density at radius 3 is 2.10 bits per heavy atom. The van der Waals surface area contributed by atoms with Gasteiger partial charge in [-0.25, -0.2) is 0 Å². The van der Waals surface area contributed by atoms with Crippen LogP contribution in [0, 0.1) is 23.2 Å². The highest BCUT2D eigenvalue weighted by Crippen LogP contribution is 2.58. The molecule has 2 heterocycles. The fraction of sp³-hybridized carbons (Fsp3) is 0.692. The van der Waals surface area contributed by atoms with Crippen molar-refractivity contribution >= 4 is 29.2 Å². The number of anilines is 1. The first-order valence-corrected chi connectivity index (χ1v) is 13.4. The second-order valence-corrected chi connectivity index (χ2v) is 12.6. The molecular weight excluding hydrogens is 402 g/mol. The largest absolute Gasteiger partial charge is 0.291 e. The summed E-state index contributed by atoms with van der Waals surface area (Å²) in [6.45, 7) is 6.41. The minimum Gasteiger partial charge on any atom is -0.291 e. The molecule has 5 heteroatoms. The number of benzene rings is 1. The second kappa shape index (κ2) is 7.34. The summed E-state index contributed by atoms with van der Waals surface area (Å²) in [5.74, 6) is 6.13. The number of carbonyl (C=O) groups excluding carboxylic acids is 1. The predicted molar refractivity (Wildman–Crippen MR) is 129 cm³/mol. The van der Waals surface area contributed by atoms with E-state index in [1.165, 1.54) is 38.5 Å². The average Bonchev–Trinajstić information content (AvgIpc) is 2.93. The van der Waals surface area contributed by atoms with E-state index in [1.807, 2.05) is 34.9 Å². The lowest BCUT2D eigenvalue weighted by molar-refractivity contribution is -0.125. The third-order valence-corrected chi connectivity index (χ3v) is 9.64. The highest BCUT2D eigenvalue weighted by molar-refractivity contribution is 7.99. The van der Waals surface area contributed by atoms with Gasteiger partial charge in [0.2, 0.25) is 5.91 Å². The van der Waals surface area contributed by atoms with Crippen LogP contribution in [0.2, 0.25) is 0 Å². The fourth-order valence-corrected chi connectivity index (χ4v) is 8.72. The standard InChI is InChI=1S/C26H35N3OS/c1-25(2)22(28-8-10-31-11-9-28)23(29(24(25)30)21-6-4-3-5-7-21)27-26-15-18-12-19(16-26)14-20(13-18)17-26/h3-7,18-20,22H,8-17H2,1-2H3. The van der Waals surface area contributed by atoms with Gasteiger partial charge in [0, 0.05) is 24.6 Å². The number of aliphatic imine (C=N–C) groups is 1. The molecule has 6 fully saturated rings. The number of amidine groups is 1. The molecule has 4 saturated carbocycles. The van der Waals surface area contributed by atoms with Crippen LogP contribution in [0.15, 0.2) is 35.3 Å². The summed E-state index contributed by atoms with van der Waals surface area (Å²) in [5.41, 5.74) is 0.595. The van der Waals surface area contributed by atoms with E-state index in [-0.39, 0.29) is 17.5 Å². The van der Waals surface area contributed by atoms with Crippen molar-refractivity contribution in [2.24, 2.45) is 28.2 Å². The minimum atomic E-state index is -0.459. The molecule has 0 radical (unpaired) electrons. The molecule has 6 aliphatic rings. The smallest absolute Gasteiger partial charge is 0.240 e. The van der Waals surface area contributed by atoms with Crippen LogP contribution in [0.5, 0.6) is 0 Å². The average molecular weight is 438 g/mol. The van der Waals surface area contributed by atoms with Gasteiger partial charge in [-0.05, 0) is 82.3 Å². The Labute approximate surface area is 190 Å². The third kappa shape index (κ3) is 3.30. The number of rotatable bonds is 3. The van der Waals surface area contributed by atoms with E-state index in [0.717, 1.165) is 53.9 Å². The van der Waals surface area contributed by atoms with Gasteiger partial charge in [0.15, 0.2) is 0 Å². The van der Waals surface area contributed by atoms with Gasteiger partial charge in [0.05, 0.1) is 22.7 Å². The number of hydrogen-bond donors (Lipinski definition) is 0. The molecule has 4 aliphatic carbocycles. The van der Waals surface area contributed by atoms with E-state index >= 15 is 0 Å². The van der Waals surface area contributed by atoms with Crippen molar-refractivity contribution in [2.75, 3.05) is 29.5 Å². The van der Waals surface area contributed by atoms with Gasteiger partial charge in [-0.15, -0.1) is 0 Å². The fourth-order valence-electron chi connectivity index (χ4n) is 7.79. The Morgan fingerprint density at radius 2 is 1.52 bits per heavy atom. The first-order chi connectivity index (χ1) is 15.0.